The van der Waals surface area contributed by atoms with Gasteiger partial charge in [0.25, 0.3) is 0 Å². The van der Waals surface area contributed by atoms with Crippen molar-refractivity contribution < 1.29 is 9.90 Å². The number of nitrogens with zero attached hydrogens (tertiary/aromatic N) is 2. The van der Waals surface area contributed by atoms with Gasteiger partial charge in [-0.05, 0) is 30.5 Å². The fourth-order valence-electron chi connectivity index (χ4n) is 2.57. The van der Waals surface area contributed by atoms with E-state index in [9.17, 15) is 4.79 Å². The van der Waals surface area contributed by atoms with Crippen molar-refractivity contribution in [1.29, 1.82) is 0 Å². The first-order valence-electron chi connectivity index (χ1n) is 6.38. The van der Waals surface area contributed by atoms with Crippen molar-refractivity contribution in [3.63, 3.8) is 0 Å². The maximum Gasteiger partial charge on any atom is 0.346 e. The molecule has 0 saturated carbocycles. The number of hydrogen-bond donors (Lipinski definition) is 1. The number of rotatable bonds is 4. The molecule has 0 bridgehead atoms. The van der Waals surface area contributed by atoms with E-state index < -0.39 is 5.97 Å². The SMILES string of the molecule is CCN1CCN(Cc2ccsc2C(=O)O)CC1C. The Balaban J connectivity index is 1.98. The smallest absolute Gasteiger partial charge is 0.346 e. The van der Waals surface area contributed by atoms with Crippen molar-refractivity contribution in [2.45, 2.75) is 26.4 Å². The molecule has 1 N–H and O–H groups in total. The van der Waals surface area contributed by atoms with Crippen molar-refractivity contribution in [2.24, 2.45) is 0 Å². The molecule has 1 unspecified atom stereocenters. The summed E-state index contributed by atoms with van der Waals surface area (Å²) in [7, 11) is 0. The number of thiophene rings is 1. The zero-order valence-corrected chi connectivity index (χ0v) is 11.7. The Hall–Kier alpha value is -0.910. The normalized spacial score (nSPS) is 22.2. The first-order chi connectivity index (χ1) is 8.61. The third-order valence-corrected chi connectivity index (χ3v) is 4.54. The summed E-state index contributed by atoms with van der Waals surface area (Å²) < 4.78 is 0. The van der Waals surface area contributed by atoms with Crippen LogP contribution in [0.1, 0.15) is 29.1 Å². The average molecular weight is 268 g/mol. The zero-order chi connectivity index (χ0) is 13.1. The van der Waals surface area contributed by atoms with Gasteiger partial charge in [0.1, 0.15) is 4.88 Å². The Morgan fingerprint density at radius 3 is 2.94 bits per heavy atom. The topological polar surface area (TPSA) is 43.8 Å². The zero-order valence-electron chi connectivity index (χ0n) is 10.9. The molecule has 2 heterocycles. The highest BCUT2D eigenvalue weighted by Crippen LogP contribution is 2.20. The molecule has 1 atom stereocenters. The molecular formula is C13H20N2O2S. The number of aromatic carboxylic acids is 1. The maximum absolute atomic E-state index is 11.1. The minimum absolute atomic E-state index is 0.487. The predicted molar refractivity (Wildman–Crippen MR) is 73.3 cm³/mol. The monoisotopic (exact) mass is 268 g/mol. The molecule has 1 saturated heterocycles. The van der Waals surface area contributed by atoms with Gasteiger partial charge in [-0.2, -0.15) is 0 Å². The molecule has 100 valence electrons. The van der Waals surface area contributed by atoms with Crippen molar-refractivity contribution >= 4 is 17.3 Å². The highest BCUT2D eigenvalue weighted by atomic mass is 32.1. The Morgan fingerprint density at radius 2 is 2.33 bits per heavy atom. The number of carbonyl (C=O) groups is 1. The van der Waals surface area contributed by atoms with E-state index in [4.69, 9.17) is 5.11 Å². The Morgan fingerprint density at radius 1 is 1.56 bits per heavy atom. The van der Waals surface area contributed by atoms with E-state index in [0.717, 1.165) is 38.3 Å². The van der Waals surface area contributed by atoms with Crippen molar-refractivity contribution in [3.8, 4) is 0 Å². The van der Waals surface area contributed by atoms with Gasteiger partial charge < -0.3 is 5.11 Å². The van der Waals surface area contributed by atoms with Gasteiger partial charge in [-0.1, -0.05) is 6.92 Å². The summed E-state index contributed by atoms with van der Waals surface area (Å²) in [5, 5.41) is 11.0. The summed E-state index contributed by atoms with van der Waals surface area (Å²) in [4.78, 5) is 16.4. The van der Waals surface area contributed by atoms with E-state index in [1.165, 1.54) is 11.3 Å². The molecule has 2 rings (SSSR count). The second-order valence-electron chi connectivity index (χ2n) is 4.79. The van der Waals surface area contributed by atoms with E-state index in [-0.39, 0.29) is 0 Å². The molecule has 1 aromatic heterocycles. The van der Waals surface area contributed by atoms with Crippen LogP contribution < -0.4 is 0 Å². The summed E-state index contributed by atoms with van der Waals surface area (Å²) in [6.45, 7) is 9.38. The molecule has 0 aromatic carbocycles. The van der Waals surface area contributed by atoms with Crippen LogP contribution in [0.2, 0.25) is 0 Å². The van der Waals surface area contributed by atoms with Crippen LogP contribution in [-0.4, -0.2) is 53.1 Å². The lowest BCUT2D eigenvalue weighted by atomic mass is 10.1. The number of piperazine rings is 1. The molecule has 1 aliphatic rings. The maximum atomic E-state index is 11.1. The van der Waals surface area contributed by atoms with Gasteiger partial charge in [0.05, 0.1) is 0 Å². The van der Waals surface area contributed by atoms with Crippen molar-refractivity contribution in [2.75, 3.05) is 26.2 Å². The van der Waals surface area contributed by atoms with Gasteiger partial charge in [0.2, 0.25) is 0 Å². The van der Waals surface area contributed by atoms with Crippen LogP contribution >= 0.6 is 11.3 Å². The van der Waals surface area contributed by atoms with Gasteiger partial charge in [-0.3, -0.25) is 9.80 Å². The van der Waals surface area contributed by atoms with Gasteiger partial charge in [0.15, 0.2) is 0 Å². The minimum atomic E-state index is -0.805. The van der Waals surface area contributed by atoms with Gasteiger partial charge >= 0.3 is 5.97 Å². The second-order valence-corrected chi connectivity index (χ2v) is 5.71. The number of carboxylic acid groups (broad SMARTS) is 1. The van der Waals surface area contributed by atoms with Crippen LogP contribution in [0, 0.1) is 0 Å². The van der Waals surface area contributed by atoms with Gasteiger partial charge in [0, 0.05) is 32.2 Å². The highest BCUT2D eigenvalue weighted by Gasteiger charge is 2.23. The van der Waals surface area contributed by atoms with Crippen molar-refractivity contribution in [1.82, 2.24) is 9.80 Å². The van der Waals surface area contributed by atoms with Crippen LogP contribution in [0.5, 0.6) is 0 Å². The number of hydrogen-bond acceptors (Lipinski definition) is 4. The second kappa shape index (κ2) is 5.82. The number of carboxylic acids is 1. The van der Waals surface area contributed by atoms with Crippen LogP contribution in [0.4, 0.5) is 0 Å². The van der Waals surface area contributed by atoms with Crippen molar-refractivity contribution in [3.05, 3.63) is 21.9 Å². The highest BCUT2D eigenvalue weighted by molar-refractivity contribution is 7.12. The molecule has 1 fully saturated rings. The van der Waals surface area contributed by atoms with E-state index in [1.54, 1.807) is 0 Å². The summed E-state index contributed by atoms with van der Waals surface area (Å²) >= 11 is 1.32. The van der Waals surface area contributed by atoms with E-state index in [1.807, 2.05) is 11.4 Å². The largest absolute Gasteiger partial charge is 0.477 e. The molecule has 0 radical (unpaired) electrons. The standard InChI is InChI=1S/C13H20N2O2S/c1-3-15-6-5-14(8-10(15)2)9-11-4-7-18-12(11)13(16)17/h4,7,10H,3,5-6,8-9H2,1-2H3,(H,16,17). The lowest BCUT2D eigenvalue weighted by Gasteiger charge is -2.39. The summed E-state index contributed by atoms with van der Waals surface area (Å²) in [5.41, 5.74) is 0.949. The molecule has 1 aromatic rings. The van der Waals surface area contributed by atoms with Gasteiger partial charge in [-0.25, -0.2) is 4.79 Å². The van der Waals surface area contributed by atoms with Crippen LogP contribution in [0.3, 0.4) is 0 Å². The van der Waals surface area contributed by atoms with Crippen LogP contribution in [0.15, 0.2) is 11.4 Å². The molecule has 0 amide bonds. The summed E-state index contributed by atoms with van der Waals surface area (Å²) in [5.74, 6) is -0.805. The number of likely N-dealkylation sites (N-methyl/N-ethyl adjacent to an activating group) is 1. The average Bonchev–Trinajstić information content (AvgIpc) is 2.77. The Kier molecular flexibility index (Phi) is 4.37. The molecule has 4 nitrogen and oxygen atoms in total. The molecule has 0 spiro atoms. The third kappa shape index (κ3) is 2.91. The van der Waals surface area contributed by atoms with E-state index in [2.05, 4.69) is 23.6 Å². The quantitative estimate of drug-likeness (QED) is 0.907. The molecular weight excluding hydrogens is 248 g/mol. The molecule has 0 aliphatic carbocycles. The van der Waals surface area contributed by atoms with Crippen LogP contribution in [0.25, 0.3) is 0 Å². The third-order valence-electron chi connectivity index (χ3n) is 3.59. The summed E-state index contributed by atoms with van der Waals surface area (Å²) in [6, 6.07) is 2.49. The fraction of sp³-hybridized carbons (Fsp3) is 0.615. The van der Waals surface area contributed by atoms with E-state index in [0.29, 0.717) is 10.9 Å². The van der Waals surface area contributed by atoms with Crippen LogP contribution in [-0.2, 0) is 6.54 Å². The molecule has 5 heteroatoms. The summed E-state index contributed by atoms with van der Waals surface area (Å²) in [6.07, 6.45) is 0. The lowest BCUT2D eigenvalue weighted by Crippen LogP contribution is -2.51. The molecule has 1 aliphatic heterocycles. The Bertz CT molecular complexity index is 419. The predicted octanol–water partition coefficient (Wildman–Crippen LogP) is 1.97. The first-order valence-corrected chi connectivity index (χ1v) is 7.25. The molecule has 18 heavy (non-hydrogen) atoms. The van der Waals surface area contributed by atoms with E-state index >= 15 is 0 Å². The first kappa shape index (κ1) is 13.5. The lowest BCUT2D eigenvalue weighted by molar-refractivity contribution is 0.0692. The fourth-order valence-corrected chi connectivity index (χ4v) is 3.33. The minimum Gasteiger partial charge on any atom is -0.477 e. The Labute approximate surface area is 112 Å². The van der Waals surface area contributed by atoms with Gasteiger partial charge in [-0.15, -0.1) is 11.3 Å².